The van der Waals surface area contributed by atoms with Crippen LogP contribution in [0.1, 0.15) is 35.3 Å². The van der Waals surface area contributed by atoms with Gasteiger partial charge in [-0.25, -0.2) is 4.68 Å². The smallest absolute Gasteiger partial charge is 0.257 e. The summed E-state index contributed by atoms with van der Waals surface area (Å²) < 4.78 is 7.53. The number of benzene rings is 1. The van der Waals surface area contributed by atoms with Crippen molar-refractivity contribution in [1.82, 2.24) is 14.7 Å². The molecule has 0 saturated carbocycles. The zero-order valence-corrected chi connectivity index (χ0v) is 15.8. The number of piperidine rings is 1. The van der Waals surface area contributed by atoms with E-state index in [2.05, 4.69) is 5.10 Å². The number of nitrogens with zero attached hydrogens (tertiary/aromatic N) is 3. The number of ether oxygens (including phenoxy) is 1. The van der Waals surface area contributed by atoms with Crippen LogP contribution in [0.4, 0.5) is 0 Å². The van der Waals surface area contributed by atoms with Crippen molar-refractivity contribution in [2.45, 2.75) is 32.3 Å². The molecule has 1 amide bonds. The van der Waals surface area contributed by atoms with Crippen molar-refractivity contribution >= 4 is 17.5 Å². The fourth-order valence-electron chi connectivity index (χ4n) is 3.13. The number of carbonyl (C=O) groups excluding carboxylic acids is 1. The van der Waals surface area contributed by atoms with Crippen LogP contribution in [0.25, 0.3) is 5.69 Å². The molecule has 1 fully saturated rings. The van der Waals surface area contributed by atoms with Crippen molar-refractivity contribution in [2.75, 3.05) is 26.2 Å². The Morgan fingerprint density at radius 2 is 2.00 bits per heavy atom. The van der Waals surface area contributed by atoms with Crippen LogP contribution >= 0.6 is 11.6 Å². The summed E-state index contributed by atoms with van der Waals surface area (Å²) in [6.45, 7) is 4.62. The van der Waals surface area contributed by atoms with E-state index in [4.69, 9.17) is 22.1 Å². The van der Waals surface area contributed by atoms with Crippen molar-refractivity contribution in [2.24, 2.45) is 5.73 Å². The first kappa shape index (κ1) is 18.9. The summed E-state index contributed by atoms with van der Waals surface area (Å²) in [6.07, 6.45) is 4.62. The molecule has 2 N–H and O–H groups in total. The lowest BCUT2D eigenvalue weighted by Gasteiger charge is -2.31. The summed E-state index contributed by atoms with van der Waals surface area (Å²) in [5, 5.41) is 5.15. The van der Waals surface area contributed by atoms with Gasteiger partial charge in [0.25, 0.3) is 5.91 Å². The van der Waals surface area contributed by atoms with E-state index >= 15 is 0 Å². The summed E-state index contributed by atoms with van der Waals surface area (Å²) in [7, 11) is 0. The number of aromatic nitrogens is 2. The number of nitrogens with two attached hydrogens (primary N) is 1. The molecular formula is C19H25ClN4O2. The summed E-state index contributed by atoms with van der Waals surface area (Å²) in [5.41, 5.74) is 7.74. The van der Waals surface area contributed by atoms with Gasteiger partial charge in [-0.15, -0.1) is 0 Å². The first-order chi connectivity index (χ1) is 12.6. The molecule has 6 nitrogen and oxygen atoms in total. The Morgan fingerprint density at radius 1 is 1.31 bits per heavy atom. The molecule has 0 spiro atoms. The Kier molecular flexibility index (Phi) is 6.29. The van der Waals surface area contributed by atoms with Gasteiger partial charge in [0.2, 0.25) is 0 Å². The summed E-state index contributed by atoms with van der Waals surface area (Å²) in [5.74, 6) is 0.0307. The molecule has 1 aromatic carbocycles. The second kappa shape index (κ2) is 8.66. The second-order valence-electron chi connectivity index (χ2n) is 6.55. The molecule has 2 aromatic rings. The van der Waals surface area contributed by atoms with Crippen LogP contribution in [-0.2, 0) is 4.74 Å². The zero-order valence-electron chi connectivity index (χ0n) is 15.0. The van der Waals surface area contributed by atoms with E-state index in [9.17, 15) is 4.79 Å². The normalized spacial score (nSPS) is 15.4. The lowest BCUT2D eigenvalue weighted by atomic mass is 10.1. The molecule has 140 valence electrons. The first-order valence-corrected chi connectivity index (χ1v) is 9.39. The number of hydrogen-bond acceptors (Lipinski definition) is 4. The molecule has 26 heavy (non-hydrogen) atoms. The number of carbonyl (C=O) groups is 1. The van der Waals surface area contributed by atoms with Gasteiger partial charge in [-0.05, 0) is 57.0 Å². The summed E-state index contributed by atoms with van der Waals surface area (Å²) in [6, 6.07) is 7.39. The quantitative estimate of drug-likeness (QED) is 0.787. The summed E-state index contributed by atoms with van der Waals surface area (Å²) >= 11 is 5.93. The third-order valence-corrected chi connectivity index (χ3v) is 4.90. The van der Waals surface area contributed by atoms with Gasteiger partial charge in [-0.1, -0.05) is 11.6 Å². The van der Waals surface area contributed by atoms with Crippen LogP contribution in [-0.4, -0.2) is 52.9 Å². The maximum absolute atomic E-state index is 12.9. The predicted octanol–water partition coefficient (Wildman–Crippen LogP) is 2.80. The highest BCUT2D eigenvalue weighted by Gasteiger charge is 2.26. The predicted molar refractivity (Wildman–Crippen MR) is 102 cm³/mol. The van der Waals surface area contributed by atoms with E-state index in [0.717, 1.165) is 30.6 Å². The number of amides is 1. The van der Waals surface area contributed by atoms with Crippen molar-refractivity contribution in [1.29, 1.82) is 0 Å². The van der Waals surface area contributed by atoms with E-state index in [0.29, 0.717) is 36.8 Å². The minimum atomic E-state index is 0.0307. The average molecular weight is 377 g/mol. The molecule has 7 heteroatoms. The van der Waals surface area contributed by atoms with Crippen molar-refractivity contribution < 1.29 is 9.53 Å². The van der Waals surface area contributed by atoms with Crippen LogP contribution in [0, 0.1) is 6.92 Å². The Labute approximate surface area is 158 Å². The number of hydrogen-bond donors (Lipinski definition) is 1. The topological polar surface area (TPSA) is 73.4 Å². The molecule has 0 bridgehead atoms. The third-order valence-electron chi connectivity index (χ3n) is 4.65. The molecule has 0 aliphatic carbocycles. The van der Waals surface area contributed by atoms with Crippen LogP contribution in [0.5, 0.6) is 0 Å². The molecule has 0 atom stereocenters. The molecule has 1 saturated heterocycles. The van der Waals surface area contributed by atoms with Gasteiger partial charge in [0, 0.05) is 30.9 Å². The van der Waals surface area contributed by atoms with E-state index in [1.165, 1.54) is 0 Å². The van der Waals surface area contributed by atoms with E-state index in [1.807, 2.05) is 36.1 Å². The Hall–Kier alpha value is -1.89. The van der Waals surface area contributed by atoms with Crippen LogP contribution in [0.3, 0.4) is 0 Å². The third kappa shape index (κ3) is 4.44. The molecular weight excluding hydrogens is 352 g/mol. The van der Waals surface area contributed by atoms with Crippen molar-refractivity contribution in [3.05, 3.63) is 46.7 Å². The Bertz CT molecular complexity index is 736. The highest BCUT2D eigenvalue weighted by molar-refractivity contribution is 6.30. The largest absolute Gasteiger partial charge is 0.378 e. The fourth-order valence-corrected chi connectivity index (χ4v) is 3.25. The first-order valence-electron chi connectivity index (χ1n) is 9.01. The van der Waals surface area contributed by atoms with E-state index in [-0.39, 0.29) is 12.0 Å². The van der Waals surface area contributed by atoms with Gasteiger partial charge >= 0.3 is 0 Å². The maximum atomic E-state index is 12.9. The van der Waals surface area contributed by atoms with Gasteiger partial charge in [-0.3, -0.25) is 4.79 Å². The SMILES string of the molecule is Cc1nn(-c2ccc(Cl)cc2)cc1C(=O)N1CCC(OCCCN)CC1. The number of likely N-dealkylation sites (tertiary alicyclic amines) is 1. The van der Waals surface area contributed by atoms with Crippen molar-refractivity contribution in [3.8, 4) is 5.69 Å². The fraction of sp³-hybridized carbons (Fsp3) is 0.474. The van der Waals surface area contributed by atoms with Gasteiger partial charge in [0.05, 0.1) is 23.0 Å². The van der Waals surface area contributed by atoms with Gasteiger partial charge in [0.15, 0.2) is 0 Å². The lowest BCUT2D eigenvalue weighted by molar-refractivity contribution is 0.00843. The lowest BCUT2D eigenvalue weighted by Crippen LogP contribution is -2.41. The standard InChI is InChI=1S/C19H25ClN4O2/c1-14-18(13-24(22-14)16-5-3-15(20)4-6-16)19(25)23-10-7-17(8-11-23)26-12-2-9-21/h3-6,13,17H,2,7-12,21H2,1H3. The maximum Gasteiger partial charge on any atom is 0.257 e. The molecule has 2 heterocycles. The number of halogens is 1. The molecule has 1 aliphatic heterocycles. The molecule has 1 aromatic heterocycles. The van der Waals surface area contributed by atoms with Gasteiger partial charge in [0.1, 0.15) is 0 Å². The molecule has 1 aliphatic rings. The van der Waals surface area contributed by atoms with Crippen LogP contribution in [0.2, 0.25) is 5.02 Å². The minimum Gasteiger partial charge on any atom is -0.378 e. The van der Waals surface area contributed by atoms with Crippen molar-refractivity contribution in [3.63, 3.8) is 0 Å². The number of rotatable bonds is 6. The average Bonchev–Trinajstić information content (AvgIpc) is 3.04. The zero-order chi connectivity index (χ0) is 18.5. The summed E-state index contributed by atoms with van der Waals surface area (Å²) in [4.78, 5) is 14.8. The van der Waals surface area contributed by atoms with Crippen LogP contribution in [0.15, 0.2) is 30.5 Å². The van der Waals surface area contributed by atoms with Crippen LogP contribution < -0.4 is 5.73 Å². The molecule has 0 unspecified atom stereocenters. The molecule has 0 radical (unpaired) electrons. The second-order valence-corrected chi connectivity index (χ2v) is 6.99. The van der Waals surface area contributed by atoms with E-state index in [1.54, 1.807) is 10.9 Å². The molecule has 3 rings (SSSR count). The minimum absolute atomic E-state index is 0.0307. The number of aryl methyl sites for hydroxylation is 1. The highest BCUT2D eigenvalue weighted by Crippen LogP contribution is 2.20. The van der Waals surface area contributed by atoms with E-state index < -0.39 is 0 Å². The van der Waals surface area contributed by atoms with Gasteiger partial charge in [-0.2, -0.15) is 5.10 Å². The highest BCUT2D eigenvalue weighted by atomic mass is 35.5. The Morgan fingerprint density at radius 3 is 2.65 bits per heavy atom. The monoisotopic (exact) mass is 376 g/mol. The van der Waals surface area contributed by atoms with Gasteiger partial charge < -0.3 is 15.4 Å². The Balaban J connectivity index is 1.63.